The van der Waals surface area contributed by atoms with Gasteiger partial charge in [-0.25, -0.2) is 0 Å². The fourth-order valence-electron chi connectivity index (χ4n) is 3.38. The largest absolute Gasteiger partial charge is 0.493 e. The summed E-state index contributed by atoms with van der Waals surface area (Å²) in [4.78, 5) is 17.3. The average Bonchev–Trinajstić information content (AvgIpc) is 2.81. The van der Waals surface area contributed by atoms with Gasteiger partial charge in [-0.3, -0.25) is 9.78 Å². The number of hydrogen-bond donors (Lipinski definition) is 1. The Labute approximate surface area is 192 Å². The van der Waals surface area contributed by atoms with Crippen LogP contribution in [0.2, 0.25) is 5.02 Å². The smallest absolute Gasteiger partial charge is 0.256 e. The molecule has 0 aliphatic heterocycles. The monoisotopic (exact) mass is 442 g/mol. The first-order valence-corrected chi connectivity index (χ1v) is 10.8. The highest BCUT2D eigenvalue weighted by Crippen LogP contribution is 2.27. The maximum absolute atomic E-state index is 13.0. The van der Waals surface area contributed by atoms with Crippen LogP contribution in [0.25, 0.3) is 11.1 Å². The SMILES string of the molecule is Cc1ccc(C(=O)Nc2ccc(OCCc3ccccn3)cc2)c(-c2ccc(Cl)cc2)c1. The van der Waals surface area contributed by atoms with Gasteiger partial charge >= 0.3 is 0 Å². The van der Waals surface area contributed by atoms with Crippen LogP contribution in [0.5, 0.6) is 5.75 Å². The van der Waals surface area contributed by atoms with Crippen molar-refractivity contribution in [3.63, 3.8) is 0 Å². The number of carbonyl (C=O) groups is 1. The van der Waals surface area contributed by atoms with Gasteiger partial charge in [0.2, 0.25) is 0 Å². The summed E-state index contributed by atoms with van der Waals surface area (Å²) in [6.45, 7) is 2.55. The highest BCUT2D eigenvalue weighted by atomic mass is 35.5. The van der Waals surface area contributed by atoms with Crippen LogP contribution >= 0.6 is 11.6 Å². The van der Waals surface area contributed by atoms with Crippen LogP contribution in [0.15, 0.2) is 91.1 Å². The van der Waals surface area contributed by atoms with Gasteiger partial charge in [0.25, 0.3) is 5.91 Å². The predicted molar refractivity (Wildman–Crippen MR) is 129 cm³/mol. The molecule has 0 saturated heterocycles. The summed E-state index contributed by atoms with van der Waals surface area (Å²) in [6.07, 6.45) is 2.51. The maximum atomic E-state index is 13.0. The third kappa shape index (κ3) is 5.54. The zero-order chi connectivity index (χ0) is 22.3. The summed E-state index contributed by atoms with van der Waals surface area (Å²) in [5.41, 5.74) is 5.20. The quantitative estimate of drug-likeness (QED) is 0.351. The van der Waals surface area contributed by atoms with Gasteiger partial charge in [-0.05, 0) is 72.6 Å². The van der Waals surface area contributed by atoms with Crippen molar-refractivity contribution in [3.05, 3.63) is 113 Å². The Morgan fingerprint density at radius 3 is 2.47 bits per heavy atom. The minimum Gasteiger partial charge on any atom is -0.493 e. The van der Waals surface area contributed by atoms with Crippen molar-refractivity contribution in [1.82, 2.24) is 4.98 Å². The van der Waals surface area contributed by atoms with Crippen LogP contribution in [0.3, 0.4) is 0 Å². The second-order valence-corrected chi connectivity index (χ2v) is 7.89. The molecule has 0 radical (unpaired) electrons. The summed E-state index contributed by atoms with van der Waals surface area (Å²) >= 11 is 6.02. The Bertz CT molecular complexity index is 1190. The van der Waals surface area contributed by atoms with Crippen LogP contribution in [0, 0.1) is 6.92 Å². The van der Waals surface area contributed by atoms with Gasteiger partial charge < -0.3 is 10.1 Å². The van der Waals surface area contributed by atoms with Crippen molar-refractivity contribution in [1.29, 1.82) is 0 Å². The van der Waals surface area contributed by atoms with Gasteiger partial charge in [-0.2, -0.15) is 0 Å². The number of anilines is 1. The zero-order valence-corrected chi connectivity index (χ0v) is 18.5. The van der Waals surface area contributed by atoms with E-state index in [1.165, 1.54) is 0 Å². The second kappa shape index (κ2) is 10.1. The Morgan fingerprint density at radius 1 is 0.969 bits per heavy atom. The molecule has 0 spiro atoms. The van der Waals surface area contributed by atoms with Crippen molar-refractivity contribution in [2.75, 3.05) is 11.9 Å². The molecule has 1 amide bonds. The summed E-state index contributed by atoms with van der Waals surface area (Å²) in [6, 6.07) is 26.5. The lowest BCUT2D eigenvalue weighted by molar-refractivity contribution is 0.102. The Kier molecular flexibility index (Phi) is 6.83. The highest BCUT2D eigenvalue weighted by molar-refractivity contribution is 6.30. The molecule has 0 fully saturated rings. The van der Waals surface area contributed by atoms with E-state index in [1.54, 1.807) is 6.20 Å². The number of nitrogens with zero attached hydrogens (tertiary/aromatic N) is 1. The summed E-state index contributed by atoms with van der Waals surface area (Å²) in [5, 5.41) is 3.64. The number of pyridine rings is 1. The van der Waals surface area contributed by atoms with E-state index < -0.39 is 0 Å². The molecule has 0 saturated carbocycles. The molecule has 4 aromatic rings. The van der Waals surface area contributed by atoms with Crippen LogP contribution in [-0.2, 0) is 6.42 Å². The third-order valence-electron chi connectivity index (χ3n) is 5.04. The molecule has 160 valence electrons. The number of nitrogens with one attached hydrogen (secondary N) is 1. The zero-order valence-electron chi connectivity index (χ0n) is 17.7. The molecule has 32 heavy (non-hydrogen) atoms. The van der Waals surface area contributed by atoms with Gasteiger partial charge in [-0.15, -0.1) is 0 Å². The normalized spacial score (nSPS) is 10.6. The Hall–Kier alpha value is -3.63. The van der Waals surface area contributed by atoms with E-state index in [1.807, 2.05) is 91.9 Å². The van der Waals surface area contributed by atoms with E-state index in [0.29, 0.717) is 22.9 Å². The number of carbonyl (C=O) groups excluding carboxylic acids is 1. The van der Waals surface area contributed by atoms with Crippen LogP contribution in [-0.4, -0.2) is 17.5 Å². The molecular weight excluding hydrogens is 420 g/mol. The molecule has 1 N–H and O–H groups in total. The van der Waals surface area contributed by atoms with Gasteiger partial charge in [0.1, 0.15) is 5.75 Å². The average molecular weight is 443 g/mol. The molecule has 0 aliphatic rings. The van der Waals surface area contributed by atoms with Crippen molar-refractivity contribution in [2.45, 2.75) is 13.3 Å². The molecule has 3 aromatic carbocycles. The van der Waals surface area contributed by atoms with Crippen molar-refractivity contribution >= 4 is 23.2 Å². The van der Waals surface area contributed by atoms with E-state index in [-0.39, 0.29) is 5.91 Å². The first kappa shape index (κ1) is 21.6. The van der Waals surface area contributed by atoms with Crippen molar-refractivity contribution in [2.24, 2.45) is 0 Å². The van der Waals surface area contributed by atoms with Crippen LogP contribution in [0.4, 0.5) is 5.69 Å². The van der Waals surface area contributed by atoms with E-state index in [2.05, 4.69) is 10.3 Å². The van der Waals surface area contributed by atoms with E-state index in [9.17, 15) is 4.79 Å². The summed E-state index contributed by atoms with van der Waals surface area (Å²) in [7, 11) is 0. The van der Waals surface area contributed by atoms with Crippen LogP contribution in [0.1, 0.15) is 21.6 Å². The lowest BCUT2D eigenvalue weighted by Crippen LogP contribution is -2.13. The molecule has 1 heterocycles. The first-order valence-electron chi connectivity index (χ1n) is 10.4. The summed E-state index contributed by atoms with van der Waals surface area (Å²) in [5.74, 6) is 0.579. The molecular formula is C27H23ClN2O2. The number of aryl methyl sites for hydroxylation is 1. The predicted octanol–water partition coefficient (Wildman–Crippen LogP) is 6.58. The molecule has 4 rings (SSSR count). The van der Waals surface area contributed by atoms with Crippen LogP contribution < -0.4 is 10.1 Å². The number of amides is 1. The fourth-order valence-corrected chi connectivity index (χ4v) is 3.50. The standard InChI is InChI=1S/C27H23ClN2O2/c1-19-5-14-25(26(18-19)20-6-8-21(28)9-7-20)27(31)30-23-10-12-24(13-11-23)32-17-15-22-4-2-3-16-29-22/h2-14,16,18H,15,17H2,1H3,(H,30,31). The fraction of sp³-hybridized carbons (Fsp3) is 0.111. The number of halogens is 1. The molecule has 5 heteroatoms. The molecule has 4 nitrogen and oxygen atoms in total. The third-order valence-corrected chi connectivity index (χ3v) is 5.29. The second-order valence-electron chi connectivity index (χ2n) is 7.45. The molecule has 0 aliphatic carbocycles. The highest BCUT2D eigenvalue weighted by Gasteiger charge is 2.14. The molecule has 0 atom stereocenters. The first-order chi connectivity index (χ1) is 15.6. The van der Waals surface area contributed by atoms with Gasteiger partial charge in [0.05, 0.1) is 6.61 Å². The van der Waals surface area contributed by atoms with Crippen molar-refractivity contribution < 1.29 is 9.53 Å². The Balaban J connectivity index is 1.42. The Morgan fingerprint density at radius 2 is 1.75 bits per heavy atom. The number of ether oxygens (including phenoxy) is 1. The minimum atomic E-state index is -0.168. The number of aromatic nitrogens is 1. The minimum absolute atomic E-state index is 0.168. The molecule has 1 aromatic heterocycles. The van der Waals surface area contributed by atoms with E-state index in [0.717, 1.165) is 34.6 Å². The van der Waals surface area contributed by atoms with Gasteiger partial charge in [0.15, 0.2) is 0 Å². The van der Waals surface area contributed by atoms with E-state index in [4.69, 9.17) is 16.3 Å². The number of rotatable bonds is 7. The molecule has 0 unspecified atom stereocenters. The van der Waals surface area contributed by atoms with Gasteiger partial charge in [0, 0.05) is 34.6 Å². The lowest BCUT2D eigenvalue weighted by atomic mass is 9.97. The lowest BCUT2D eigenvalue weighted by Gasteiger charge is -2.12. The van der Waals surface area contributed by atoms with E-state index >= 15 is 0 Å². The van der Waals surface area contributed by atoms with Crippen molar-refractivity contribution in [3.8, 4) is 16.9 Å². The maximum Gasteiger partial charge on any atom is 0.256 e. The number of benzene rings is 3. The molecule has 0 bridgehead atoms. The summed E-state index contributed by atoms with van der Waals surface area (Å²) < 4.78 is 5.79. The topological polar surface area (TPSA) is 51.2 Å². The van der Waals surface area contributed by atoms with Gasteiger partial charge in [-0.1, -0.05) is 47.5 Å². The number of hydrogen-bond acceptors (Lipinski definition) is 3.